The van der Waals surface area contributed by atoms with E-state index in [-0.39, 0.29) is 6.03 Å². The van der Waals surface area contributed by atoms with Crippen molar-refractivity contribution in [2.45, 2.75) is 20.8 Å². The van der Waals surface area contributed by atoms with Crippen molar-refractivity contribution in [3.63, 3.8) is 0 Å². The summed E-state index contributed by atoms with van der Waals surface area (Å²) in [5, 5.41) is 0. The van der Waals surface area contributed by atoms with Crippen LogP contribution in [0.15, 0.2) is 12.2 Å². The van der Waals surface area contributed by atoms with Gasteiger partial charge >= 0.3 is 6.03 Å². The smallest absolute Gasteiger partial charge is 0.320 e. The zero-order valence-electron chi connectivity index (χ0n) is 9.13. The second kappa shape index (κ2) is 5.62. The number of nitrogens with zero attached hydrogens (tertiary/aromatic N) is 2. The highest BCUT2D eigenvalue weighted by Gasteiger charge is 2.13. The first kappa shape index (κ1) is 12.0. The molecule has 0 aromatic rings. The second-order valence-electron chi connectivity index (χ2n) is 3.27. The lowest BCUT2D eigenvalue weighted by Gasteiger charge is -2.26. The molecule has 0 atom stereocenters. The Morgan fingerprint density at radius 1 is 1.31 bits per heavy atom. The van der Waals surface area contributed by atoms with Crippen molar-refractivity contribution in [1.82, 2.24) is 9.80 Å². The van der Waals surface area contributed by atoms with Crippen molar-refractivity contribution in [2.75, 3.05) is 26.7 Å². The van der Waals surface area contributed by atoms with Crippen LogP contribution in [-0.4, -0.2) is 42.5 Å². The molecule has 0 saturated carbocycles. The molecular formula is C10H20N2O. The highest BCUT2D eigenvalue weighted by atomic mass is 16.2. The SMILES string of the molecule is C=C(C)CN(C)C(=O)N(CC)CC. The van der Waals surface area contributed by atoms with Crippen LogP contribution in [0.2, 0.25) is 0 Å². The number of hydrogen-bond acceptors (Lipinski definition) is 1. The van der Waals surface area contributed by atoms with Crippen LogP contribution in [0.1, 0.15) is 20.8 Å². The zero-order chi connectivity index (χ0) is 10.4. The van der Waals surface area contributed by atoms with Gasteiger partial charge in [-0.2, -0.15) is 0 Å². The predicted octanol–water partition coefficient (Wildman–Crippen LogP) is 1.96. The van der Waals surface area contributed by atoms with E-state index in [2.05, 4.69) is 6.58 Å². The lowest BCUT2D eigenvalue weighted by atomic mass is 10.3. The van der Waals surface area contributed by atoms with Gasteiger partial charge in [0.1, 0.15) is 0 Å². The van der Waals surface area contributed by atoms with E-state index in [0.717, 1.165) is 18.7 Å². The van der Waals surface area contributed by atoms with Gasteiger partial charge in [0.25, 0.3) is 0 Å². The van der Waals surface area contributed by atoms with Crippen molar-refractivity contribution in [3.8, 4) is 0 Å². The minimum Gasteiger partial charge on any atom is -0.325 e. The van der Waals surface area contributed by atoms with Crippen LogP contribution in [0, 0.1) is 0 Å². The molecule has 2 amide bonds. The molecule has 0 aromatic carbocycles. The summed E-state index contributed by atoms with van der Waals surface area (Å²) in [6.45, 7) is 11.8. The van der Waals surface area contributed by atoms with Gasteiger partial charge in [0.15, 0.2) is 0 Å². The summed E-state index contributed by atoms with van der Waals surface area (Å²) in [6, 6.07) is 0.0769. The molecule has 0 aliphatic carbocycles. The maximum absolute atomic E-state index is 11.7. The van der Waals surface area contributed by atoms with Crippen molar-refractivity contribution in [3.05, 3.63) is 12.2 Å². The summed E-state index contributed by atoms with van der Waals surface area (Å²) in [6.07, 6.45) is 0. The maximum Gasteiger partial charge on any atom is 0.320 e. The molecule has 0 spiro atoms. The van der Waals surface area contributed by atoms with Gasteiger partial charge in [-0.25, -0.2) is 4.79 Å². The van der Waals surface area contributed by atoms with Crippen LogP contribution in [-0.2, 0) is 0 Å². The normalized spacial score (nSPS) is 9.54. The fourth-order valence-electron chi connectivity index (χ4n) is 1.21. The molecule has 0 saturated heterocycles. The van der Waals surface area contributed by atoms with E-state index >= 15 is 0 Å². The topological polar surface area (TPSA) is 23.6 Å². The van der Waals surface area contributed by atoms with Gasteiger partial charge in [0, 0.05) is 26.7 Å². The third-order valence-electron chi connectivity index (χ3n) is 1.87. The van der Waals surface area contributed by atoms with Crippen molar-refractivity contribution >= 4 is 6.03 Å². The number of amides is 2. The average Bonchev–Trinajstić information content (AvgIpc) is 2.05. The molecule has 0 aliphatic heterocycles. The third-order valence-corrected chi connectivity index (χ3v) is 1.87. The molecule has 3 nitrogen and oxygen atoms in total. The van der Waals surface area contributed by atoms with Crippen molar-refractivity contribution in [2.24, 2.45) is 0 Å². The Morgan fingerprint density at radius 3 is 2.08 bits per heavy atom. The highest BCUT2D eigenvalue weighted by molar-refractivity contribution is 5.74. The largest absolute Gasteiger partial charge is 0.325 e. The fraction of sp³-hybridized carbons (Fsp3) is 0.700. The zero-order valence-corrected chi connectivity index (χ0v) is 9.13. The Balaban J connectivity index is 4.14. The first-order valence-corrected chi connectivity index (χ1v) is 4.67. The van der Waals surface area contributed by atoms with E-state index in [1.165, 1.54) is 0 Å². The Labute approximate surface area is 81.0 Å². The lowest BCUT2D eigenvalue weighted by molar-refractivity contribution is 0.171. The second-order valence-corrected chi connectivity index (χ2v) is 3.27. The molecule has 13 heavy (non-hydrogen) atoms. The Bertz CT molecular complexity index is 185. The van der Waals surface area contributed by atoms with Crippen LogP contribution in [0.4, 0.5) is 4.79 Å². The van der Waals surface area contributed by atoms with Gasteiger partial charge in [-0.1, -0.05) is 12.2 Å². The lowest BCUT2D eigenvalue weighted by Crippen LogP contribution is -2.41. The van der Waals surface area contributed by atoms with E-state index in [1.807, 2.05) is 20.8 Å². The van der Waals surface area contributed by atoms with Crippen molar-refractivity contribution < 1.29 is 4.79 Å². The van der Waals surface area contributed by atoms with Crippen LogP contribution < -0.4 is 0 Å². The molecule has 0 unspecified atom stereocenters. The molecule has 0 fully saturated rings. The Morgan fingerprint density at radius 2 is 1.77 bits per heavy atom. The average molecular weight is 184 g/mol. The first-order chi connectivity index (χ1) is 6.02. The molecule has 0 heterocycles. The van der Waals surface area contributed by atoms with Gasteiger partial charge in [0.2, 0.25) is 0 Å². The van der Waals surface area contributed by atoms with E-state index in [0.29, 0.717) is 6.54 Å². The monoisotopic (exact) mass is 184 g/mol. The van der Waals surface area contributed by atoms with Gasteiger partial charge in [-0.05, 0) is 20.8 Å². The summed E-state index contributed by atoms with van der Waals surface area (Å²) >= 11 is 0. The van der Waals surface area contributed by atoms with Crippen LogP contribution in [0.25, 0.3) is 0 Å². The molecule has 0 aliphatic rings. The summed E-state index contributed by atoms with van der Waals surface area (Å²) in [5.41, 5.74) is 1.00. The molecule has 3 heteroatoms. The quantitative estimate of drug-likeness (QED) is 0.613. The number of hydrogen-bond donors (Lipinski definition) is 0. The first-order valence-electron chi connectivity index (χ1n) is 4.67. The number of rotatable bonds is 4. The number of carbonyl (C=O) groups is 1. The number of likely N-dealkylation sites (N-methyl/N-ethyl adjacent to an activating group) is 1. The van der Waals surface area contributed by atoms with Crippen LogP contribution in [0.3, 0.4) is 0 Å². The predicted molar refractivity (Wildman–Crippen MR) is 55.8 cm³/mol. The van der Waals surface area contributed by atoms with Gasteiger partial charge < -0.3 is 9.80 Å². The van der Waals surface area contributed by atoms with Crippen LogP contribution in [0.5, 0.6) is 0 Å². The fourth-order valence-corrected chi connectivity index (χ4v) is 1.21. The van der Waals surface area contributed by atoms with Crippen LogP contribution >= 0.6 is 0 Å². The minimum absolute atomic E-state index is 0.0769. The summed E-state index contributed by atoms with van der Waals surface area (Å²) in [5.74, 6) is 0. The molecule has 0 radical (unpaired) electrons. The Kier molecular flexibility index (Phi) is 5.19. The summed E-state index contributed by atoms with van der Waals surface area (Å²) < 4.78 is 0. The molecular weight excluding hydrogens is 164 g/mol. The molecule has 0 N–H and O–H groups in total. The minimum atomic E-state index is 0.0769. The standard InChI is InChI=1S/C10H20N2O/c1-6-12(7-2)10(13)11(5)8-9(3)4/h3,6-8H2,1-2,4-5H3. The molecule has 0 rings (SSSR count). The number of urea groups is 1. The molecule has 76 valence electrons. The van der Waals surface area contributed by atoms with E-state index in [9.17, 15) is 4.79 Å². The highest BCUT2D eigenvalue weighted by Crippen LogP contribution is 1.99. The summed E-state index contributed by atoms with van der Waals surface area (Å²) in [4.78, 5) is 15.1. The third kappa shape index (κ3) is 3.97. The van der Waals surface area contributed by atoms with Gasteiger partial charge in [-0.15, -0.1) is 0 Å². The van der Waals surface area contributed by atoms with Gasteiger partial charge in [0.05, 0.1) is 0 Å². The molecule has 0 bridgehead atoms. The van der Waals surface area contributed by atoms with E-state index in [4.69, 9.17) is 0 Å². The molecule has 0 aromatic heterocycles. The van der Waals surface area contributed by atoms with Gasteiger partial charge in [-0.3, -0.25) is 0 Å². The summed E-state index contributed by atoms with van der Waals surface area (Å²) in [7, 11) is 1.80. The number of carbonyl (C=O) groups excluding carboxylic acids is 1. The van der Waals surface area contributed by atoms with E-state index < -0.39 is 0 Å². The van der Waals surface area contributed by atoms with Crippen molar-refractivity contribution in [1.29, 1.82) is 0 Å². The maximum atomic E-state index is 11.7. The Hall–Kier alpha value is -0.990. The van der Waals surface area contributed by atoms with E-state index in [1.54, 1.807) is 16.8 Å².